The van der Waals surface area contributed by atoms with Crippen LogP contribution in [0.2, 0.25) is 0 Å². The molecule has 17 heavy (non-hydrogen) atoms. The number of fused-ring (bicyclic) bond motifs is 1. The van der Waals surface area contributed by atoms with Gasteiger partial charge in [-0.1, -0.05) is 12.1 Å². The summed E-state index contributed by atoms with van der Waals surface area (Å²) < 4.78 is 10.8. The zero-order chi connectivity index (χ0) is 11.5. The van der Waals surface area contributed by atoms with Crippen molar-refractivity contribution in [3.8, 4) is 11.5 Å². The third kappa shape index (κ3) is 2.25. The van der Waals surface area contributed by atoms with Gasteiger partial charge >= 0.3 is 0 Å². The van der Waals surface area contributed by atoms with Crippen molar-refractivity contribution in [3.63, 3.8) is 0 Å². The van der Waals surface area contributed by atoms with Gasteiger partial charge in [0.2, 0.25) is 6.79 Å². The van der Waals surface area contributed by atoms with Crippen LogP contribution in [0.25, 0.3) is 0 Å². The van der Waals surface area contributed by atoms with Crippen molar-refractivity contribution < 1.29 is 9.47 Å². The van der Waals surface area contributed by atoms with E-state index in [4.69, 9.17) is 9.47 Å². The number of nitrogens with zero attached hydrogens (tertiary/aromatic N) is 1. The molecule has 1 aliphatic heterocycles. The lowest BCUT2D eigenvalue weighted by atomic mass is 10.2. The van der Waals surface area contributed by atoms with E-state index in [9.17, 15) is 0 Å². The Bertz CT molecular complexity index is 499. The quantitative estimate of drug-likeness (QED) is 0.900. The Morgan fingerprint density at radius 1 is 1.29 bits per heavy atom. The van der Waals surface area contributed by atoms with E-state index in [0.717, 1.165) is 30.2 Å². The van der Waals surface area contributed by atoms with Gasteiger partial charge in [0.1, 0.15) is 0 Å². The molecule has 0 radical (unpaired) electrons. The molecular formula is C12H12N2O2S. The molecule has 1 N–H and O–H groups in total. The molecule has 0 fully saturated rings. The predicted octanol–water partition coefficient (Wildman–Crippen LogP) is 2.16. The van der Waals surface area contributed by atoms with Gasteiger partial charge in [-0.05, 0) is 6.07 Å². The Balaban J connectivity index is 1.64. The van der Waals surface area contributed by atoms with E-state index in [2.05, 4.69) is 10.3 Å². The minimum Gasteiger partial charge on any atom is -0.454 e. The average Bonchev–Trinajstić information content (AvgIpc) is 2.99. The van der Waals surface area contributed by atoms with Crippen molar-refractivity contribution in [2.45, 2.75) is 13.1 Å². The number of aromatic nitrogens is 1. The minimum atomic E-state index is 0.321. The molecule has 2 aromatic rings. The van der Waals surface area contributed by atoms with Gasteiger partial charge in [0.05, 0.1) is 5.51 Å². The fourth-order valence-electron chi connectivity index (χ4n) is 1.78. The molecule has 0 atom stereocenters. The van der Waals surface area contributed by atoms with E-state index in [-0.39, 0.29) is 0 Å². The number of hydrogen-bond donors (Lipinski definition) is 1. The number of thiazole rings is 1. The topological polar surface area (TPSA) is 43.4 Å². The number of nitrogens with one attached hydrogen (secondary N) is 1. The number of ether oxygens (including phenoxy) is 2. The molecule has 3 rings (SSSR count). The van der Waals surface area contributed by atoms with Gasteiger partial charge in [-0.25, -0.2) is 0 Å². The second-order valence-corrected chi connectivity index (χ2v) is 4.69. The van der Waals surface area contributed by atoms with Crippen molar-refractivity contribution in [2.24, 2.45) is 0 Å². The summed E-state index contributed by atoms with van der Waals surface area (Å²) in [6.07, 6.45) is 1.88. The smallest absolute Gasteiger partial charge is 0.231 e. The normalized spacial score (nSPS) is 12.9. The van der Waals surface area contributed by atoms with Crippen LogP contribution in [0.3, 0.4) is 0 Å². The summed E-state index contributed by atoms with van der Waals surface area (Å²) in [6, 6.07) is 5.96. The van der Waals surface area contributed by atoms with E-state index in [1.165, 1.54) is 4.88 Å². The molecular weight excluding hydrogens is 236 g/mol. The molecule has 0 amide bonds. The van der Waals surface area contributed by atoms with E-state index >= 15 is 0 Å². The number of para-hydroxylation sites is 1. The van der Waals surface area contributed by atoms with Crippen LogP contribution in [0, 0.1) is 0 Å². The molecule has 88 valence electrons. The first kappa shape index (κ1) is 10.6. The highest BCUT2D eigenvalue weighted by atomic mass is 32.1. The van der Waals surface area contributed by atoms with Crippen LogP contribution in [0.15, 0.2) is 29.9 Å². The van der Waals surface area contributed by atoms with E-state index < -0.39 is 0 Å². The number of hydrogen-bond acceptors (Lipinski definition) is 5. The van der Waals surface area contributed by atoms with Gasteiger partial charge in [0, 0.05) is 29.7 Å². The molecule has 1 aromatic carbocycles. The molecule has 0 spiro atoms. The van der Waals surface area contributed by atoms with Crippen LogP contribution < -0.4 is 14.8 Å². The molecule has 0 bridgehead atoms. The summed E-state index contributed by atoms with van der Waals surface area (Å²) >= 11 is 1.65. The predicted molar refractivity (Wildman–Crippen MR) is 65.2 cm³/mol. The van der Waals surface area contributed by atoms with E-state index in [1.54, 1.807) is 11.3 Å². The van der Waals surface area contributed by atoms with Crippen molar-refractivity contribution in [1.82, 2.24) is 10.3 Å². The van der Waals surface area contributed by atoms with Crippen LogP contribution in [0.5, 0.6) is 11.5 Å². The summed E-state index contributed by atoms with van der Waals surface area (Å²) in [4.78, 5) is 5.27. The Labute approximate surface area is 103 Å². The molecule has 0 aliphatic carbocycles. The van der Waals surface area contributed by atoms with Gasteiger partial charge in [-0.3, -0.25) is 4.98 Å². The molecule has 1 aliphatic rings. The number of benzene rings is 1. The second-order valence-electron chi connectivity index (χ2n) is 3.72. The average molecular weight is 248 g/mol. The van der Waals surface area contributed by atoms with Crippen LogP contribution >= 0.6 is 11.3 Å². The maximum atomic E-state index is 5.45. The monoisotopic (exact) mass is 248 g/mol. The fourth-order valence-corrected chi connectivity index (χ4v) is 2.34. The zero-order valence-corrected chi connectivity index (χ0v) is 10.00. The summed E-state index contributed by atoms with van der Waals surface area (Å²) in [5, 5.41) is 3.37. The highest BCUT2D eigenvalue weighted by Gasteiger charge is 2.16. The largest absolute Gasteiger partial charge is 0.454 e. The lowest BCUT2D eigenvalue weighted by Gasteiger charge is -2.06. The molecule has 2 heterocycles. The Hall–Kier alpha value is -1.59. The van der Waals surface area contributed by atoms with Gasteiger partial charge in [-0.15, -0.1) is 11.3 Å². The lowest BCUT2D eigenvalue weighted by molar-refractivity contribution is 0.173. The van der Waals surface area contributed by atoms with Crippen molar-refractivity contribution in [2.75, 3.05) is 6.79 Å². The summed E-state index contributed by atoms with van der Waals surface area (Å²) in [5.74, 6) is 1.70. The number of rotatable bonds is 4. The Morgan fingerprint density at radius 3 is 3.18 bits per heavy atom. The van der Waals surface area contributed by atoms with Crippen molar-refractivity contribution >= 4 is 11.3 Å². The van der Waals surface area contributed by atoms with Crippen LogP contribution in [-0.4, -0.2) is 11.8 Å². The first-order valence-corrected chi connectivity index (χ1v) is 6.27. The van der Waals surface area contributed by atoms with Crippen LogP contribution in [-0.2, 0) is 13.1 Å². The van der Waals surface area contributed by atoms with Crippen LogP contribution in [0.1, 0.15) is 10.4 Å². The lowest BCUT2D eigenvalue weighted by Crippen LogP contribution is -2.12. The first-order valence-electron chi connectivity index (χ1n) is 5.39. The summed E-state index contributed by atoms with van der Waals surface area (Å²) in [5.41, 5.74) is 2.97. The molecule has 4 nitrogen and oxygen atoms in total. The SMILES string of the molecule is c1cc(CNCc2cncs2)c2c(c1)OCO2. The van der Waals surface area contributed by atoms with Gasteiger partial charge in [0.15, 0.2) is 11.5 Å². The molecule has 0 saturated carbocycles. The highest BCUT2D eigenvalue weighted by molar-refractivity contribution is 7.09. The van der Waals surface area contributed by atoms with Crippen molar-refractivity contribution in [1.29, 1.82) is 0 Å². The third-order valence-corrected chi connectivity index (χ3v) is 3.36. The Morgan fingerprint density at radius 2 is 2.29 bits per heavy atom. The first-order chi connectivity index (χ1) is 8.43. The zero-order valence-electron chi connectivity index (χ0n) is 9.18. The van der Waals surface area contributed by atoms with Gasteiger partial charge in [-0.2, -0.15) is 0 Å². The minimum absolute atomic E-state index is 0.321. The third-order valence-electron chi connectivity index (χ3n) is 2.58. The molecule has 5 heteroatoms. The van der Waals surface area contributed by atoms with Gasteiger partial charge < -0.3 is 14.8 Å². The van der Waals surface area contributed by atoms with Crippen LogP contribution in [0.4, 0.5) is 0 Å². The summed E-state index contributed by atoms with van der Waals surface area (Å²) in [7, 11) is 0. The maximum absolute atomic E-state index is 5.45. The van der Waals surface area contributed by atoms with Gasteiger partial charge in [0.25, 0.3) is 0 Å². The fraction of sp³-hybridized carbons (Fsp3) is 0.250. The van der Waals surface area contributed by atoms with Crippen molar-refractivity contribution in [3.05, 3.63) is 40.3 Å². The molecule has 0 unspecified atom stereocenters. The molecule has 1 aromatic heterocycles. The second kappa shape index (κ2) is 4.73. The van der Waals surface area contributed by atoms with E-state index in [1.807, 2.05) is 29.9 Å². The highest BCUT2D eigenvalue weighted by Crippen LogP contribution is 2.35. The summed E-state index contributed by atoms with van der Waals surface area (Å²) in [6.45, 7) is 1.92. The standard InChI is InChI=1S/C12H12N2O2S/c1-2-9(12-11(3-1)15-8-16-12)4-13-5-10-6-14-7-17-10/h1-3,6-7,13H,4-5,8H2. The van der Waals surface area contributed by atoms with E-state index in [0.29, 0.717) is 6.79 Å². The Kier molecular flexibility index (Phi) is 2.94. The molecule has 0 saturated heterocycles. The maximum Gasteiger partial charge on any atom is 0.231 e.